The highest BCUT2D eigenvalue weighted by Crippen LogP contribution is 2.36. The molecule has 1 heterocycles. The Hall–Kier alpha value is -4.00. The Labute approximate surface area is 221 Å². The maximum atomic E-state index is 11.3. The van der Waals surface area contributed by atoms with Gasteiger partial charge in [0.2, 0.25) is 0 Å². The molecule has 0 N–H and O–H groups in total. The molecule has 0 aliphatic rings. The molecule has 0 aliphatic carbocycles. The van der Waals surface area contributed by atoms with Crippen LogP contribution in [0.5, 0.6) is 0 Å². The zero-order valence-corrected chi connectivity index (χ0v) is 21.2. The van der Waals surface area contributed by atoms with Gasteiger partial charge in [-0.25, -0.2) is 0 Å². The number of nitro benzene ring substituents is 1. The Morgan fingerprint density at radius 1 is 0.833 bits per heavy atom. The Morgan fingerprint density at radius 3 is 2.11 bits per heavy atom. The van der Waals surface area contributed by atoms with Gasteiger partial charge in [0.1, 0.15) is 0 Å². The first-order valence-corrected chi connectivity index (χ1v) is 12.3. The highest BCUT2D eigenvalue weighted by Gasteiger charge is 2.19. The van der Waals surface area contributed by atoms with Gasteiger partial charge in [-0.05, 0) is 47.5 Å². The fourth-order valence-corrected chi connectivity index (χ4v) is 4.48. The van der Waals surface area contributed by atoms with Gasteiger partial charge in [-0.2, -0.15) is 0 Å². The second-order valence-electron chi connectivity index (χ2n) is 8.03. The summed E-state index contributed by atoms with van der Waals surface area (Å²) in [4.78, 5) is 15.4. The second-order valence-corrected chi connectivity index (χ2v) is 9.35. The molecule has 0 atom stereocenters. The molecule has 176 valence electrons. The molecule has 0 fully saturated rings. The summed E-state index contributed by atoms with van der Waals surface area (Å²) in [6.07, 6.45) is 1.72. The molecular formula is C29H19BrClN3O2. The number of benzene rings is 4. The van der Waals surface area contributed by atoms with E-state index in [4.69, 9.17) is 11.6 Å². The number of non-ortho nitro benzene ring substituents is 1. The average molecular weight is 557 g/mol. The molecule has 0 saturated heterocycles. The maximum absolute atomic E-state index is 11.3. The van der Waals surface area contributed by atoms with Crippen LogP contribution in [0.2, 0.25) is 5.02 Å². The number of rotatable bonds is 6. The lowest BCUT2D eigenvalue weighted by Gasteiger charge is -2.15. The predicted octanol–water partition coefficient (Wildman–Crippen LogP) is 8.89. The van der Waals surface area contributed by atoms with Crippen molar-refractivity contribution in [2.45, 2.75) is 0 Å². The van der Waals surface area contributed by atoms with Crippen molar-refractivity contribution in [3.8, 4) is 28.2 Å². The van der Waals surface area contributed by atoms with Crippen LogP contribution in [0, 0.1) is 10.1 Å². The van der Waals surface area contributed by atoms with Crippen LogP contribution in [0.1, 0.15) is 5.56 Å². The summed E-state index contributed by atoms with van der Waals surface area (Å²) in [7, 11) is 0. The Bertz CT molecular complexity index is 1560. The highest BCUT2D eigenvalue weighted by molar-refractivity contribution is 9.10. The topological polar surface area (TPSA) is 60.4 Å². The molecule has 1 aromatic heterocycles. The molecule has 5 rings (SSSR count). The van der Waals surface area contributed by atoms with Crippen LogP contribution in [0.15, 0.2) is 119 Å². The van der Waals surface area contributed by atoms with Gasteiger partial charge in [-0.15, -0.1) is 0 Å². The lowest BCUT2D eigenvalue weighted by atomic mass is 10.1. The minimum Gasteiger partial charge on any atom is -0.309 e. The van der Waals surface area contributed by atoms with Crippen molar-refractivity contribution in [2.75, 3.05) is 0 Å². The fourth-order valence-electron chi connectivity index (χ4n) is 4.05. The quantitative estimate of drug-likeness (QED) is 0.119. The number of halogens is 2. The third-order valence-electron chi connectivity index (χ3n) is 5.72. The number of hydrogen-bond donors (Lipinski definition) is 0. The van der Waals surface area contributed by atoms with Crippen molar-refractivity contribution in [1.29, 1.82) is 0 Å². The van der Waals surface area contributed by atoms with E-state index in [-0.39, 0.29) is 5.69 Å². The Balaban J connectivity index is 1.76. The van der Waals surface area contributed by atoms with Crippen molar-refractivity contribution >= 4 is 45.1 Å². The van der Waals surface area contributed by atoms with Crippen molar-refractivity contribution in [3.63, 3.8) is 0 Å². The lowest BCUT2D eigenvalue weighted by molar-refractivity contribution is -0.384. The first kappa shape index (κ1) is 23.7. The van der Waals surface area contributed by atoms with Gasteiger partial charge in [0, 0.05) is 34.1 Å². The number of nitro groups is 1. The van der Waals surface area contributed by atoms with E-state index in [0.717, 1.165) is 38.2 Å². The van der Waals surface area contributed by atoms with Crippen molar-refractivity contribution in [1.82, 2.24) is 4.57 Å². The van der Waals surface area contributed by atoms with E-state index in [0.29, 0.717) is 10.7 Å². The average Bonchev–Trinajstić information content (AvgIpc) is 3.29. The van der Waals surface area contributed by atoms with E-state index in [9.17, 15) is 10.1 Å². The van der Waals surface area contributed by atoms with Crippen LogP contribution in [-0.4, -0.2) is 15.7 Å². The summed E-state index contributed by atoms with van der Waals surface area (Å²) in [5.74, 6) is 0. The predicted molar refractivity (Wildman–Crippen MR) is 150 cm³/mol. The standard InChI is InChI=1S/C29H19BrClN3O2/c30-23-11-13-24(14-12-23)33-28(20-7-3-1-4-8-20)17-22(29(33)21-9-5-2-6-10-21)19-32-27-18-25(34(35)36)15-16-26(27)31/h1-19H. The maximum Gasteiger partial charge on any atom is 0.271 e. The van der Waals surface area contributed by atoms with Crippen molar-refractivity contribution in [3.05, 3.63) is 134 Å². The molecule has 0 saturated carbocycles. The number of nitrogens with zero attached hydrogens (tertiary/aromatic N) is 3. The van der Waals surface area contributed by atoms with Gasteiger partial charge in [0.05, 0.1) is 27.0 Å². The third kappa shape index (κ3) is 4.87. The molecular weight excluding hydrogens is 538 g/mol. The lowest BCUT2D eigenvalue weighted by Crippen LogP contribution is -2.00. The fraction of sp³-hybridized carbons (Fsp3) is 0. The smallest absolute Gasteiger partial charge is 0.271 e. The second kappa shape index (κ2) is 10.3. The number of aliphatic imine (C=N–C) groups is 1. The molecule has 0 unspecified atom stereocenters. The SMILES string of the molecule is O=[N+]([O-])c1ccc(Cl)c(N=Cc2cc(-c3ccccc3)n(-c3ccc(Br)cc3)c2-c2ccccc2)c1. The zero-order chi connectivity index (χ0) is 25.1. The zero-order valence-electron chi connectivity index (χ0n) is 18.9. The summed E-state index contributed by atoms with van der Waals surface area (Å²) in [6.45, 7) is 0. The van der Waals surface area contributed by atoms with Crippen LogP contribution in [0.25, 0.3) is 28.2 Å². The van der Waals surface area contributed by atoms with E-state index in [1.807, 2.05) is 48.5 Å². The van der Waals surface area contributed by atoms with Gasteiger partial charge in [-0.3, -0.25) is 15.1 Å². The molecule has 0 aliphatic heterocycles. The van der Waals surface area contributed by atoms with Gasteiger partial charge in [0.15, 0.2) is 0 Å². The van der Waals surface area contributed by atoms with E-state index in [2.05, 4.69) is 68.0 Å². The summed E-state index contributed by atoms with van der Waals surface area (Å²) in [6, 6.07) is 34.7. The van der Waals surface area contributed by atoms with Crippen molar-refractivity contribution < 1.29 is 4.92 Å². The minimum absolute atomic E-state index is 0.0627. The molecule has 0 amide bonds. The monoisotopic (exact) mass is 555 g/mol. The van der Waals surface area contributed by atoms with E-state index < -0.39 is 4.92 Å². The van der Waals surface area contributed by atoms with Gasteiger partial charge in [0.25, 0.3) is 5.69 Å². The first-order valence-electron chi connectivity index (χ1n) is 11.1. The van der Waals surface area contributed by atoms with E-state index >= 15 is 0 Å². The van der Waals surface area contributed by atoms with Gasteiger partial charge in [-0.1, -0.05) is 88.2 Å². The summed E-state index contributed by atoms with van der Waals surface area (Å²) >= 11 is 9.85. The van der Waals surface area contributed by atoms with E-state index in [1.165, 1.54) is 18.2 Å². The number of aromatic nitrogens is 1. The summed E-state index contributed by atoms with van der Waals surface area (Å²) in [5.41, 5.74) is 6.11. The molecule has 0 radical (unpaired) electrons. The molecule has 5 nitrogen and oxygen atoms in total. The van der Waals surface area contributed by atoms with E-state index in [1.54, 1.807) is 6.21 Å². The highest BCUT2D eigenvalue weighted by atomic mass is 79.9. The van der Waals surface area contributed by atoms with Crippen LogP contribution in [-0.2, 0) is 0 Å². The third-order valence-corrected chi connectivity index (χ3v) is 6.56. The molecule has 36 heavy (non-hydrogen) atoms. The largest absolute Gasteiger partial charge is 0.309 e. The molecule has 0 bridgehead atoms. The molecule has 7 heteroatoms. The Kier molecular flexibility index (Phi) is 6.80. The summed E-state index contributed by atoms with van der Waals surface area (Å²) < 4.78 is 3.19. The summed E-state index contributed by atoms with van der Waals surface area (Å²) in [5, 5.41) is 11.6. The van der Waals surface area contributed by atoms with Crippen LogP contribution >= 0.6 is 27.5 Å². The molecule has 4 aromatic carbocycles. The number of hydrogen-bond acceptors (Lipinski definition) is 3. The van der Waals surface area contributed by atoms with Gasteiger partial charge >= 0.3 is 0 Å². The Morgan fingerprint density at radius 2 is 1.47 bits per heavy atom. The van der Waals surface area contributed by atoms with Gasteiger partial charge < -0.3 is 4.57 Å². The van der Waals surface area contributed by atoms with Crippen LogP contribution in [0.4, 0.5) is 11.4 Å². The molecule has 0 spiro atoms. The van der Waals surface area contributed by atoms with Crippen LogP contribution in [0.3, 0.4) is 0 Å². The van der Waals surface area contributed by atoms with Crippen LogP contribution < -0.4 is 0 Å². The minimum atomic E-state index is -0.456. The normalized spacial score (nSPS) is 11.2. The molecule has 5 aromatic rings. The van der Waals surface area contributed by atoms with Crippen molar-refractivity contribution in [2.24, 2.45) is 4.99 Å². The first-order chi connectivity index (χ1) is 17.5.